The minimum atomic E-state index is -0.0584. The molecule has 2 unspecified atom stereocenters. The maximum atomic E-state index is 12.0. The molecule has 0 radical (unpaired) electrons. The lowest BCUT2D eigenvalue weighted by molar-refractivity contribution is 0.528. The van der Waals surface area contributed by atoms with Crippen molar-refractivity contribution in [3.8, 4) is 0 Å². The molecule has 0 fully saturated rings. The molecule has 0 bridgehead atoms. The molecule has 2 aromatic rings. The van der Waals surface area contributed by atoms with Gasteiger partial charge in [0.2, 0.25) is 0 Å². The Balaban J connectivity index is 2.06. The van der Waals surface area contributed by atoms with Crippen LogP contribution >= 0.6 is 11.3 Å². The largest absolute Gasteiger partial charge is 0.310 e. The van der Waals surface area contributed by atoms with Crippen LogP contribution in [-0.2, 0) is 0 Å². The van der Waals surface area contributed by atoms with E-state index in [1.54, 1.807) is 18.3 Å². The molecule has 2 aromatic heterocycles. The van der Waals surface area contributed by atoms with Crippen LogP contribution in [0.25, 0.3) is 0 Å². The first kappa shape index (κ1) is 14.9. The number of aromatic amines is 1. The van der Waals surface area contributed by atoms with Crippen LogP contribution in [0.2, 0.25) is 0 Å². The molecule has 0 aliphatic rings. The normalized spacial score (nSPS) is 14.2. The van der Waals surface area contributed by atoms with E-state index in [9.17, 15) is 4.79 Å². The zero-order valence-corrected chi connectivity index (χ0v) is 13.0. The molecule has 0 aromatic carbocycles. The van der Waals surface area contributed by atoms with Gasteiger partial charge >= 0.3 is 0 Å². The Bertz CT molecular complexity index is 621. The first-order valence-corrected chi connectivity index (χ1v) is 7.57. The fourth-order valence-electron chi connectivity index (χ4n) is 2.27. The number of nitrogens with one attached hydrogen (secondary N) is 2. The minimum absolute atomic E-state index is 0.0331. The number of H-pyrrole nitrogens is 1. The quantitative estimate of drug-likeness (QED) is 0.887. The molecule has 5 nitrogen and oxygen atoms in total. The summed E-state index contributed by atoms with van der Waals surface area (Å²) in [5, 5.41) is 6.48. The van der Waals surface area contributed by atoms with Crippen LogP contribution < -0.4 is 10.9 Å². The molecule has 0 spiro atoms. The second kappa shape index (κ2) is 6.28. The van der Waals surface area contributed by atoms with Crippen molar-refractivity contribution < 1.29 is 0 Å². The number of rotatable bonds is 5. The molecular weight excluding hydrogens is 272 g/mol. The summed E-state index contributed by atoms with van der Waals surface area (Å²) in [4.78, 5) is 23.4. The predicted octanol–water partition coefficient (Wildman–Crippen LogP) is 2.30. The van der Waals surface area contributed by atoms with Gasteiger partial charge in [-0.3, -0.25) is 4.79 Å². The average Bonchev–Trinajstić information content (AvgIpc) is 2.88. The van der Waals surface area contributed by atoms with Gasteiger partial charge in [-0.1, -0.05) is 6.92 Å². The molecule has 0 amide bonds. The molecular formula is C14H20N4OS. The minimum Gasteiger partial charge on any atom is -0.310 e. The summed E-state index contributed by atoms with van der Waals surface area (Å²) in [6.07, 6.45) is 1.82. The Morgan fingerprint density at radius 1 is 1.40 bits per heavy atom. The monoisotopic (exact) mass is 292 g/mol. The number of aryl methyl sites for hydroxylation is 2. The SMILES string of the molecule is Cc1nc(C)c(C(C)NCC(C)c2nccs2)c(=O)[nH]1. The smallest absolute Gasteiger partial charge is 0.255 e. The van der Waals surface area contributed by atoms with Gasteiger partial charge in [0, 0.05) is 35.8 Å². The van der Waals surface area contributed by atoms with Crippen LogP contribution in [0.1, 0.15) is 47.9 Å². The van der Waals surface area contributed by atoms with Gasteiger partial charge in [-0.05, 0) is 20.8 Å². The lowest BCUT2D eigenvalue weighted by Crippen LogP contribution is -2.30. The third-order valence-electron chi connectivity index (χ3n) is 3.30. The Labute approximate surface area is 122 Å². The third-order valence-corrected chi connectivity index (χ3v) is 4.31. The third kappa shape index (κ3) is 3.32. The van der Waals surface area contributed by atoms with Crippen molar-refractivity contribution in [2.24, 2.45) is 0 Å². The summed E-state index contributed by atoms with van der Waals surface area (Å²) < 4.78 is 0. The number of aromatic nitrogens is 3. The van der Waals surface area contributed by atoms with Crippen LogP contribution in [0, 0.1) is 13.8 Å². The summed E-state index contributed by atoms with van der Waals surface area (Å²) >= 11 is 1.66. The molecule has 108 valence electrons. The van der Waals surface area contributed by atoms with Gasteiger partial charge in [-0.15, -0.1) is 11.3 Å². The average molecular weight is 292 g/mol. The van der Waals surface area contributed by atoms with Crippen LogP contribution in [0.15, 0.2) is 16.4 Å². The first-order chi connectivity index (χ1) is 9.49. The Hall–Kier alpha value is -1.53. The highest BCUT2D eigenvalue weighted by Gasteiger charge is 2.16. The molecule has 20 heavy (non-hydrogen) atoms. The highest BCUT2D eigenvalue weighted by molar-refractivity contribution is 7.09. The summed E-state index contributed by atoms with van der Waals surface area (Å²) in [5.41, 5.74) is 1.44. The maximum Gasteiger partial charge on any atom is 0.255 e. The van der Waals surface area contributed by atoms with Gasteiger partial charge in [-0.2, -0.15) is 0 Å². The second-order valence-electron chi connectivity index (χ2n) is 5.05. The van der Waals surface area contributed by atoms with Crippen molar-refractivity contribution in [1.82, 2.24) is 20.3 Å². The molecule has 2 N–H and O–H groups in total. The summed E-state index contributed by atoms with van der Waals surface area (Å²) in [6.45, 7) is 8.56. The van der Waals surface area contributed by atoms with E-state index in [-0.39, 0.29) is 11.6 Å². The molecule has 0 aliphatic carbocycles. The Morgan fingerprint density at radius 2 is 2.15 bits per heavy atom. The number of hydrogen-bond acceptors (Lipinski definition) is 5. The van der Waals surface area contributed by atoms with Crippen molar-refractivity contribution in [3.05, 3.63) is 44.0 Å². The summed E-state index contributed by atoms with van der Waals surface area (Å²) in [5.74, 6) is 0.981. The van der Waals surface area contributed by atoms with Crippen LogP contribution in [0.3, 0.4) is 0 Å². The number of hydrogen-bond donors (Lipinski definition) is 2. The van der Waals surface area contributed by atoms with Crippen molar-refractivity contribution in [2.45, 2.75) is 39.7 Å². The molecule has 2 rings (SSSR count). The van der Waals surface area contributed by atoms with E-state index in [1.165, 1.54) is 0 Å². The van der Waals surface area contributed by atoms with Gasteiger partial charge < -0.3 is 10.3 Å². The zero-order chi connectivity index (χ0) is 14.7. The van der Waals surface area contributed by atoms with Gasteiger partial charge in [0.25, 0.3) is 5.56 Å². The van der Waals surface area contributed by atoms with Gasteiger partial charge in [0.1, 0.15) is 5.82 Å². The van der Waals surface area contributed by atoms with E-state index in [0.29, 0.717) is 17.3 Å². The lowest BCUT2D eigenvalue weighted by Gasteiger charge is -2.17. The molecule has 0 aliphatic heterocycles. The van der Waals surface area contributed by atoms with E-state index in [0.717, 1.165) is 17.2 Å². The van der Waals surface area contributed by atoms with E-state index >= 15 is 0 Å². The molecule has 0 saturated heterocycles. The molecule has 2 heterocycles. The van der Waals surface area contributed by atoms with Crippen molar-refractivity contribution >= 4 is 11.3 Å². The first-order valence-electron chi connectivity index (χ1n) is 6.69. The fraction of sp³-hybridized carbons (Fsp3) is 0.500. The lowest BCUT2D eigenvalue weighted by atomic mass is 10.1. The summed E-state index contributed by atoms with van der Waals surface area (Å²) in [6, 6.07) is -0.0331. The van der Waals surface area contributed by atoms with Gasteiger partial charge in [-0.25, -0.2) is 9.97 Å². The Morgan fingerprint density at radius 3 is 2.75 bits per heavy atom. The maximum absolute atomic E-state index is 12.0. The van der Waals surface area contributed by atoms with Crippen molar-refractivity contribution in [3.63, 3.8) is 0 Å². The predicted molar refractivity (Wildman–Crippen MR) is 81.3 cm³/mol. The standard InChI is InChI=1S/C14H20N4OS/c1-8(14-15-5-6-20-14)7-16-9(2)12-10(3)17-11(4)18-13(12)19/h5-6,8-9,16H,7H2,1-4H3,(H,17,18,19). The van der Waals surface area contributed by atoms with Gasteiger partial charge in [0.15, 0.2) is 0 Å². The number of thiazole rings is 1. The zero-order valence-electron chi connectivity index (χ0n) is 12.2. The molecule has 6 heteroatoms. The van der Waals surface area contributed by atoms with Crippen molar-refractivity contribution in [2.75, 3.05) is 6.54 Å². The second-order valence-corrected chi connectivity index (χ2v) is 5.98. The van der Waals surface area contributed by atoms with Crippen LogP contribution in [-0.4, -0.2) is 21.5 Å². The summed E-state index contributed by atoms with van der Waals surface area (Å²) in [7, 11) is 0. The molecule has 2 atom stereocenters. The highest BCUT2D eigenvalue weighted by atomic mass is 32.1. The van der Waals surface area contributed by atoms with E-state index in [2.05, 4.69) is 27.2 Å². The Kier molecular flexibility index (Phi) is 4.67. The van der Waals surface area contributed by atoms with Crippen molar-refractivity contribution in [1.29, 1.82) is 0 Å². The van der Waals surface area contributed by atoms with E-state index < -0.39 is 0 Å². The topological polar surface area (TPSA) is 70.7 Å². The van der Waals surface area contributed by atoms with Gasteiger partial charge in [0.05, 0.1) is 10.6 Å². The van der Waals surface area contributed by atoms with Crippen LogP contribution in [0.5, 0.6) is 0 Å². The highest BCUT2D eigenvalue weighted by Crippen LogP contribution is 2.18. The van der Waals surface area contributed by atoms with Crippen LogP contribution in [0.4, 0.5) is 0 Å². The van der Waals surface area contributed by atoms with E-state index in [1.807, 2.05) is 25.4 Å². The molecule has 0 saturated carbocycles. The van der Waals surface area contributed by atoms with E-state index in [4.69, 9.17) is 0 Å². The fourth-order valence-corrected chi connectivity index (χ4v) is 2.96. The number of nitrogens with zero attached hydrogens (tertiary/aromatic N) is 2.